The van der Waals surface area contributed by atoms with Crippen LogP contribution in [0, 0.1) is 6.92 Å². The summed E-state index contributed by atoms with van der Waals surface area (Å²) in [5, 5.41) is 0.272. The standard InChI is InChI=1S/C12H17ClN2O2S/c1-9-4-5-12(11(13)7-9)18(16,17)15-6-2-3-10(14)8-15/h4-5,7,10H,2-3,6,8,14H2,1H3/t10-/m1/s1. The largest absolute Gasteiger partial charge is 0.327 e. The van der Waals surface area contributed by atoms with Crippen molar-refractivity contribution in [3.05, 3.63) is 28.8 Å². The molecular formula is C12H17ClN2O2S. The van der Waals surface area contributed by atoms with Gasteiger partial charge in [0.1, 0.15) is 4.90 Å². The number of aryl methyl sites for hydroxylation is 1. The third-order valence-corrected chi connectivity index (χ3v) is 5.47. The van der Waals surface area contributed by atoms with Crippen LogP contribution in [0.15, 0.2) is 23.1 Å². The van der Waals surface area contributed by atoms with E-state index in [0.29, 0.717) is 13.1 Å². The lowest BCUT2D eigenvalue weighted by Gasteiger charge is -2.30. The van der Waals surface area contributed by atoms with E-state index in [4.69, 9.17) is 17.3 Å². The predicted molar refractivity (Wildman–Crippen MR) is 72.2 cm³/mol. The highest BCUT2D eigenvalue weighted by Gasteiger charge is 2.30. The minimum Gasteiger partial charge on any atom is -0.327 e. The zero-order valence-corrected chi connectivity index (χ0v) is 11.8. The van der Waals surface area contributed by atoms with E-state index in [1.807, 2.05) is 6.92 Å². The SMILES string of the molecule is Cc1ccc(S(=O)(=O)N2CCC[C@@H](N)C2)c(Cl)c1. The van der Waals surface area contributed by atoms with Crippen LogP contribution < -0.4 is 5.73 Å². The monoisotopic (exact) mass is 288 g/mol. The Morgan fingerprint density at radius 2 is 2.17 bits per heavy atom. The number of rotatable bonds is 2. The van der Waals surface area contributed by atoms with E-state index in [2.05, 4.69) is 0 Å². The predicted octanol–water partition coefficient (Wildman–Crippen LogP) is 1.76. The molecule has 0 spiro atoms. The molecule has 0 radical (unpaired) electrons. The summed E-state index contributed by atoms with van der Waals surface area (Å²) in [6, 6.07) is 4.89. The fourth-order valence-electron chi connectivity index (χ4n) is 2.15. The number of sulfonamides is 1. The third-order valence-electron chi connectivity index (χ3n) is 3.13. The Labute approximate surface area is 113 Å². The summed E-state index contributed by atoms with van der Waals surface area (Å²) in [5.41, 5.74) is 6.76. The van der Waals surface area contributed by atoms with E-state index in [-0.39, 0.29) is 16.0 Å². The quantitative estimate of drug-likeness (QED) is 0.902. The second-order valence-corrected chi connectivity index (χ2v) is 7.01. The number of piperidine rings is 1. The van der Waals surface area contributed by atoms with Crippen LogP contribution in [0.3, 0.4) is 0 Å². The molecule has 1 aromatic carbocycles. The van der Waals surface area contributed by atoms with Gasteiger partial charge in [0.15, 0.2) is 0 Å². The smallest absolute Gasteiger partial charge is 0.244 e. The normalized spacial score (nSPS) is 22.1. The molecule has 1 aliphatic rings. The van der Waals surface area contributed by atoms with Crippen molar-refractivity contribution in [2.45, 2.75) is 30.7 Å². The summed E-state index contributed by atoms with van der Waals surface area (Å²) in [4.78, 5) is 0.170. The minimum atomic E-state index is -3.52. The average molecular weight is 289 g/mol. The molecule has 2 rings (SSSR count). The molecule has 0 unspecified atom stereocenters. The van der Waals surface area contributed by atoms with Gasteiger partial charge in [-0.05, 0) is 37.5 Å². The van der Waals surface area contributed by atoms with Gasteiger partial charge in [-0.15, -0.1) is 0 Å². The van der Waals surface area contributed by atoms with Gasteiger partial charge >= 0.3 is 0 Å². The maximum Gasteiger partial charge on any atom is 0.244 e. The lowest BCUT2D eigenvalue weighted by molar-refractivity contribution is 0.316. The van der Waals surface area contributed by atoms with Crippen molar-refractivity contribution in [1.29, 1.82) is 0 Å². The Morgan fingerprint density at radius 3 is 2.78 bits per heavy atom. The van der Waals surface area contributed by atoms with Crippen molar-refractivity contribution >= 4 is 21.6 Å². The van der Waals surface area contributed by atoms with Crippen LogP contribution in [-0.4, -0.2) is 31.9 Å². The van der Waals surface area contributed by atoms with Crippen LogP contribution in [0.4, 0.5) is 0 Å². The topological polar surface area (TPSA) is 63.4 Å². The molecule has 1 heterocycles. The van der Waals surface area contributed by atoms with Gasteiger partial charge in [0, 0.05) is 19.1 Å². The molecule has 0 aromatic heterocycles. The highest BCUT2D eigenvalue weighted by Crippen LogP contribution is 2.27. The van der Waals surface area contributed by atoms with Crippen LogP contribution in [0.2, 0.25) is 5.02 Å². The minimum absolute atomic E-state index is 0.0854. The molecule has 1 fully saturated rings. The zero-order chi connectivity index (χ0) is 13.3. The van der Waals surface area contributed by atoms with Crippen LogP contribution in [0.1, 0.15) is 18.4 Å². The zero-order valence-electron chi connectivity index (χ0n) is 10.3. The summed E-state index contributed by atoms with van der Waals surface area (Å²) in [6.07, 6.45) is 1.66. The van der Waals surface area contributed by atoms with Crippen molar-refractivity contribution in [2.75, 3.05) is 13.1 Å². The van der Waals surface area contributed by atoms with Crippen LogP contribution in [-0.2, 0) is 10.0 Å². The molecule has 1 atom stereocenters. The van der Waals surface area contributed by atoms with E-state index in [0.717, 1.165) is 18.4 Å². The molecule has 6 heteroatoms. The Hall–Kier alpha value is -0.620. The van der Waals surface area contributed by atoms with Crippen molar-refractivity contribution in [2.24, 2.45) is 5.73 Å². The molecule has 18 heavy (non-hydrogen) atoms. The van der Waals surface area contributed by atoms with Gasteiger partial charge in [-0.1, -0.05) is 17.7 Å². The lowest BCUT2D eigenvalue weighted by Crippen LogP contribution is -2.45. The molecule has 0 bridgehead atoms. The summed E-state index contributed by atoms with van der Waals surface area (Å²) in [6.45, 7) is 2.76. The molecule has 100 valence electrons. The number of benzene rings is 1. The Kier molecular flexibility index (Phi) is 3.96. The first kappa shape index (κ1) is 13.8. The van der Waals surface area contributed by atoms with Gasteiger partial charge in [0.05, 0.1) is 5.02 Å². The fourth-order valence-corrected chi connectivity index (χ4v) is 4.25. The highest BCUT2D eigenvalue weighted by atomic mass is 35.5. The third kappa shape index (κ3) is 2.69. The molecule has 1 saturated heterocycles. The summed E-state index contributed by atoms with van der Waals surface area (Å²) in [7, 11) is -3.52. The molecule has 0 amide bonds. The summed E-state index contributed by atoms with van der Waals surface area (Å²) in [5.74, 6) is 0. The number of halogens is 1. The second kappa shape index (κ2) is 5.17. The van der Waals surface area contributed by atoms with E-state index in [1.54, 1.807) is 18.2 Å². The van der Waals surface area contributed by atoms with Crippen LogP contribution in [0.25, 0.3) is 0 Å². The summed E-state index contributed by atoms with van der Waals surface area (Å²) < 4.78 is 26.3. The molecule has 1 aliphatic heterocycles. The second-order valence-electron chi connectivity index (χ2n) is 4.70. The average Bonchev–Trinajstić information content (AvgIpc) is 2.28. The van der Waals surface area contributed by atoms with E-state index < -0.39 is 10.0 Å². The number of nitrogens with two attached hydrogens (primary N) is 1. The van der Waals surface area contributed by atoms with Gasteiger partial charge < -0.3 is 5.73 Å². The Bertz CT molecular complexity index is 545. The van der Waals surface area contributed by atoms with Gasteiger partial charge in [0.2, 0.25) is 10.0 Å². The first-order valence-corrected chi connectivity index (χ1v) is 7.75. The highest BCUT2D eigenvalue weighted by molar-refractivity contribution is 7.89. The first-order chi connectivity index (χ1) is 8.41. The van der Waals surface area contributed by atoms with E-state index >= 15 is 0 Å². The maximum atomic E-state index is 12.5. The van der Waals surface area contributed by atoms with Crippen molar-refractivity contribution in [1.82, 2.24) is 4.31 Å². The fraction of sp³-hybridized carbons (Fsp3) is 0.500. The van der Waals surface area contributed by atoms with Gasteiger partial charge in [-0.2, -0.15) is 4.31 Å². The molecule has 2 N–H and O–H groups in total. The van der Waals surface area contributed by atoms with E-state index in [9.17, 15) is 8.42 Å². The summed E-state index contributed by atoms with van der Waals surface area (Å²) >= 11 is 6.03. The first-order valence-electron chi connectivity index (χ1n) is 5.93. The van der Waals surface area contributed by atoms with Gasteiger partial charge in [-0.3, -0.25) is 0 Å². The lowest BCUT2D eigenvalue weighted by atomic mass is 10.1. The van der Waals surface area contributed by atoms with Crippen molar-refractivity contribution in [3.8, 4) is 0 Å². The molecule has 4 nitrogen and oxygen atoms in total. The number of hydrogen-bond acceptors (Lipinski definition) is 3. The Balaban J connectivity index is 2.35. The molecule has 0 saturated carbocycles. The van der Waals surface area contributed by atoms with E-state index in [1.165, 1.54) is 4.31 Å². The maximum absolute atomic E-state index is 12.5. The molecule has 1 aromatic rings. The van der Waals surface area contributed by atoms with Crippen molar-refractivity contribution < 1.29 is 8.42 Å². The molecular weight excluding hydrogens is 272 g/mol. The van der Waals surface area contributed by atoms with Gasteiger partial charge in [-0.25, -0.2) is 8.42 Å². The van der Waals surface area contributed by atoms with Gasteiger partial charge in [0.25, 0.3) is 0 Å². The number of nitrogens with zero attached hydrogens (tertiary/aromatic N) is 1. The number of hydrogen-bond donors (Lipinski definition) is 1. The van der Waals surface area contributed by atoms with Crippen LogP contribution >= 0.6 is 11.6 Å². The Morgan fingerprint density at radius 1 is 1.44 bits per heavy atom. The van der Waals surface area contributed by atoms with Crippen molar-refractivity contribution in [3.63, 3.8) is 0 Å². The van der Waals surface area contributed by atoms with Crippen LogP contribution in [0.5, 0.6) is 0 Å². The molecule has 0 aliphatic carbocycles.